The van der Waals surface area contributed by atoms with E-state index in [-0.39, 0.29) is 6.79 Å². The summed E-state index contributed by atoms with van der Waals surface area (Å²) < 4.78 is 12.6. The zero-order valence-corrected chi connectivity index (χ0v) is 12.1. The summed E-state index contributed by atoms with van der Waals surface area (Å²) >= 11 is 0. The van der Waals surface area contributed by atoms with Crippen molar-refractivity contribution >= 4 is 5.71 Å². The Balaban J connectivity index is 1.88. The van der Waals surface area contributed by atoms with Crippen molar-refractivity contribution in [3.63, 3.8) is 0 Å². The Morgan fingerprint density at radius 2 is 2.36 bits per heavy atom. The van der Waals surface area contributed by atoms with E-state index < -0.39 is 6.10 Å². The minimum atomic E-state index is -0.396. The summed E-state index contributed by atoms with van der Waals surface area (Å²) in [4.78, 5) is 9.35. The standard InChI is InChI=1S/C16H15N3O3/c1-3-12(2)22-18-14(9-19-7-6-17-10-19)13-4-5-15-16(8-13)21-11-20-15/h1,4-8,10,12H,9,11H2,2H3/b18-14+. The molecule has 1 aromatic heterocycles. The van der Waals surface area contributed by atoms with E-state index in [1.165, 1.54) is 0 Å². The van der Waals surface area contributed by atoms with E-state index >= 15 is 0 Å². The van der Waals surface area contributed by atoms with Gasteiger partial charge in [-0.15, -0.1) is 6.42 Å². The molecule has 0 spiro atoms. The molecule has 2 aromatic rings. The van der Waals surface area contributed by atoms with Gasteiger partial charge in [-0.1, -0.05) is 11.1 Å². The van der Waals surface area contributed by atoms with Crippen molar-refractivity contribution in [1.29, 1.82) is 0 Å². The molecule has 0 amide bonds. The van der Waals surface area contributed by atoms with Crippen LogP contribution in [0, 0.1) is 12.3 Å². The fourth-order valence-corrected chi connectivity index (χ4v) is 1.98. The van der Waals surface area contributed by atoms with Gasteiger partial charge in [0.1, 0.15) is 5.71 Å². The van der Waals surface area contributed by atoms with Crippen LogP contribution in [0.4, 0.5) is 0 Å². The summed E-state index contributed by atoms with van der Waals surface area (Å²) in [5.41, 5.74) is 1.60. The number of hydrogen-bond donors (Lipinski definition) is 0. The van der Waals surface area contributed by atoms with E-state index in [4.69, 9.17) is 20.7 Å². The first-order valence-electron chi connectivity index (χ1n) is 6.81. The van der Waals surface area contributed by atoms with Gasteiger partial charge in [-0.2, -0.15) is 0 Å². The van der Waals surface area contributed by atoms with Gasteiger partial charge in [-0.3, -0.25) is 0 Å². The van der Waals surface area contributed by atoms with Gasteiger partial charge in [0.05, 0.1) is 12.9 Å². The van der Waals surface area contributed by atoms with E-state index in [1.54, 1.807) is 19.4 Å². The molecule has 0 saturated heterocycles. The quantitative estimate of drug-likeness (QED) is 0.481. The predicted molar refractivity (Wildman–Crippen MR) is 80.7 cm³/mol. The van der Waals surface area contributed by atoms with Gasteiger partial charge in [0.2, 0.25) is 6.79 Å². The number of imidazole rings is 1. The van der Waals surface area contributed by atoms with Gasteiger partial charge in [0.15, 0.2) is 17.6 Å². The Morgan fingerprint density at radius 1 is 1.50 bits per heavy atom. The van der Waals surface area contributed by atoms with Crippen molar-refractivity contribution in [3.05, 3.63) is 42.5 Å². The summed E-state index contributed by atoms with van der Waals surface area (Å²) in [5, 5.41) is 4.19. The normalized spacial score (nSPS) is 14.5. The molecule has 22 heavy (non-hydrogen) atoms. The minimum absolute atomic E-state index is 0.234. The van der Waals surface area contributed by atoms with E-state index in [0.717, 1.165) is 17.0 Å². The molecule has 2 heterocycles. The van der Waals surface area contributed by atoms with E-state index in [0.29, 0.717) is 12.3 Å². The number of ether oxygens (including phenoxy) is 2. The lowest BCUT2D eigenvalue weighted by molar-refractivity contribution is 0.112. The topological polar surface area (TPSA) is 57.9 Å². The van der Waals surface area contributed by atoms with Crippen molar-refractivity contribution in [3.8, 4) is 23.8 Å². The van der Waals surface area contributed by atoms with Crippen molar-refractivity contribution in [2.45, 2.75) is 19.6 Å². The number of rotatable bonds is 5. The number of oxime groups is 1. The Bertz CT molecular complexity index is 717. The van der Waals surface area contributed by atoms with E-state index in [2.05, 4.69) is 16.1 Å². The Morgan fingerprint density at radius 3 is 3.14 bits per heavy atom. The first-order valence-corrected chi connectivity index (χ1v) is 6.81. The molecule has 0 bridgehead atoms. The number of fused-ring (bicyclic) bond motifs is 1. The fourth-order valence-electron chi connectivity index (χ4n) is 1.98. The van der Waals surface area contributed by atoms with Gasteiger partial charge in [-0.05, 0) is 25.1 Å². The molecule has 0 saturated carbocycles. The van der Waals surface area contributed by atoms with Crippen LogP contribution in [-0.2, 0) is 11.4 Å². The molecule has 112 valence electrons. The highest BCUT2D eigenvalue weighted by Crippen LogP contribution is 2.32. The third-order valence-electron chi connectivity index (χ3n) is 3.15. The predicted octanol–water partition coefficient (Wildman–Crippen LogP) is 2.05. The summed E-state index contributed by atoms with van der Waals surface area (Å²) in [5.74, 6) is 3.90. The van der Waals surface area contributed by atoms with Crippen LogP contribution in [0.3, 0.4) is 0 Å². The third-order valence-corrected chi connectivity index (χ3v) is 3.15. The molecule has 1 unspecified atom stereocenters. The molecular formula is C16H15N3O3. The summed E-state index contributed by atoms with van der Waals surface area (Å²) in [6, 6.07) is 5.64. The van der Waals surface area contributed by atoms with Crippen molar-refractivity contribution in [2.24, 2.45) is 5.16 Å². The van der Waals surface area contributed by atoms with Crippen LogP contribution in [0.25, 0.3) is 0 Å². The molecule has 3 rings (SSSR count). The Labute approximate surface area is 128 Å². The van der Waals surface area contributed by atoms with Crippen LogP contribution in [0.1, 0.15) is 12.5 Å². The molecule has 0 N–H and O–H groups in total. The van der Waals surface area contributed by atoms with Crippen LogP contribution >= 0.6 is 0 Å². The third kappa shape index (κ3) is 3.04. The molecule has 6 nitrogen and oxygen atoms in total. The number of benzene rings is 1. The summed E-state index contributed by atoms with van der Waals surface area (Å²) in [6.45, 7) is 2.51. The van der Waals surface area contributed by atoms with Crippen LogP contribution in [-0.4, -0.2) is 28.2 Å². The van der Waals surface area contributed by atoms with Gasteiger partial charge >= 0.3 is 0 Å². The SMILES string of the molecule is C#CC(C)O/N=C(\Cn1ccnc1)c1ccc2c(c1)OCO2. The zero-order chi connectivity index (χ0) is 15.4. The Hall–Kier alpha value is -2.94. The van der Waals surface area contributed by atoms with Gasteiger partial charge < -0.3 is 18.9 Å². The lowest BCUT2D eigenvalue weighted by atomic mass is 10.1. The largest absolute Gasteiger partial charge is 0.454 e. The van der Waals surface area contributed by atoms with E-state index in [1.807, 2.05) is 29.0 Å². The molecule has 0 aliphatic carbocycles. The van der Waals surface area contributed by atoms with Gasteiger partial charge in [0, 0.05) is 18.0 Å². The van der Waals surface area contributed by atoms with Gasteiger partial charge in [-0.25, -0.2) is 4.98 Å². The first kappa shape index (κ1) is 14.0. The lowest BCUT2D eigenvalue weighted by Gasteiger charge is -2.10. The number of hydrogen-bond acceptors (Lipinski definition) is 5. The van der Waals surface area contributed by atoms with Crippen LogP contribution < -0.4 is 9.47 Å². The fraction of sp³-hybridized carbons (Fsp3) is 0.250. The summed E-state index contributed by atoms with van der Waals surface area (Å²) in [6.07, 6.45) is 10.2. The maximum absolute atomic E-state index is 5.40. The molecule has 1 aliphatic rings. The number of aromatic nitrogens is 2. The van der Waals surface area contributed by atoms with Crippen LogP contribution in [0.5, 0.6) is 11.5 Å². The second-order valence-corrected chi connectivity index (χ2v) is 4.76. The highest BCUT2D eigenvalue weighted by Gasteiger charge is 2.16. The minimum Gasteiger partial charge on any atom is -0.454 e. The lowest BCUT2D eigenvalue weighted by Crippen LogP contribution is -2.13. The molecular weight excluding hydrogens is 282 g/mol. The molecule has 0 fully saturated rings. The molecule has 6 heteroatoms. The van der Waals surface area contributed by atoms with E-state index in [9.17, 15) is 0 Å². The van der Waals surface area contributed by atoms with Crippen molar-refractivity contribution in [2.75, 3.05) is 6.79 Å². The highest BCUT2D eigenvalue weighted by molar-refractivity contribution is 6.00. The smallest absolute Gasteiger partial charge is 0.231 e. The second-order valence-electron chi connectivity index (χ2n) is 4.76. The number of terminal acetylenes is 1. The Kier molecular flexibility index (Phi) is 3.97. The van der Waals surface area contributed by atoms with Crippen molar-refractivity contribution < 1.29 is 14.3 Å². The molecule has 1 aromatic carbocycles. The maximum atomic E-state index is 5.40. The maximum Gasteiger partial charge on any atom is 0.231 e. The average molecular weight is 297 g/mol. The molecule has 0 radical (unpaired) electrons. The average Bonchev–Trinajstić information content (AvgIpc) is 3.21. The monoisotopic (exact) mass is 297 g/mol. The highest BCUT2D eigenvalue weighted by atomic mass is 16.7. The zero-order valence-electron chi connectivity index (χ0n) is 12.1. The first-order chi connectivity index (χ1) is 10.8. The molecule has 1 atom stereocenters. The summed E-state index contributed by atoms with van der Waals surface area (Å²) in [7, 11) is 0. The van der Waals surface area contributed by atoms with Gasteiger partial charge in [0.25, 0.3) is 0 Å². The second kappa shape index (κ2) is 6.22. The van der Waals surface area contributed by atoms with Crippen LogP contribution in [0.15, 0.2) is 42.1 Å². The molecule has 1 aliphatic heterocycles. The van der Waals surface area contributed by atoms with Crippen LogP contribution in [0.2, 0.25) is 0 Å². The van der Waals surface area contributed by atoms with Crippen molar-refractivity contribution in [1.82, 2.24) is 9.55 Å². The number of nitrogens with zero attached hydrogens (tertiary/aromatic N) is 3.